The molecular formula is C16H21N3O3. The summed E-state index contributed by atoms with van der Waals surface area (Å²) in [5.74, 6) is 1.76. The van der Waals surface area contributed by atoms with Crippen LogP contribution in [0.5, 0.6) is 5.75 Å². The van der Waals surface area contributed by atoms with Crippen molar-refractivity contribution in [3.63, 3.8) is 0 Å². The number of hydrogen-bond acceptors (Lipinski definition) is 5. The van der Waals surface area contributed by atoms with Crippen LogP contribution in [0.2, 0.25) is 0 Å². The van der Waals surface area contributed by atoms with Gasteiger partial charge in [0.05, 0.1) is 25.2 Å². The molecular weight excluding hydrogens is 282 g/mol. The first kappa shape index (κ1) is 16.0. The normalized spacial score (nSPS) is 12.0. The molecule has 2 aromatic heterocycles. The quantitative estimate of drug-likeness (QED) is 0.786. The summed E-state index contributed by atoms with van der Waals surface area (Å²) >= 11 is 0. The van der Waals surface area contributed by atoms with Crippen molar-refractivity contribution in [2.24, 2.45) is 0 Å². The van der Waals surface area contributed by atoms with E-state index in [0.29, 0.717) is 30.5 Å². The zero-order valence-electron chi connectivity index (χ0n) is 13.2. The molecule has 0 N–H and O–H groups in total. The zero-order chi connectivity index (χ0) is 15.9. The summed E-state index contributed by atoms with van der Waals surface area (Å²) < 4.78 is 10.8. The third-order valence-electron chi connectivity index (χ3n) is 3.50. The standard InChI is InChI=1S/C16H21N3O3/c1-4-12(2)19(13(3)20)7-9-21-14-10-17-16(18-11-14)15-6-5-8-22-15/h5-6,8,10-12H,4,7,9H2,1-3H3. The molecule has 118 valence electrons. The Bertz CT molecular complexity index is 581. The fourth-order valence-corrected chi connectivity index (χ4v) is 2.09. The highest BCUT2D eigenvalue weighted by Crippen LogP contribution is 2.16. The van der Waals surface area contributed by atoms with Crippen LogP contribution in [-0.4, -0.2) is 40.0 Å². The maximum atomic E-state index is 11.6. The summed E-state index contributed by atoms with van der Waals surface area (Å²) in [5.41, 5.74) is 0. The summed E-state index contributed by atoms with van der Waals surface area (Å²) in [6, 6.07) is 3.79. The third-order valence-corrected chi connectivity index (χ3v) is 3.50. The lowest BCUT2D eigenvalue weighted by Gasteiger charge is -2.27. The summed E-state index contributed by atoms with van der Waals surface area (Å²) in [6.07, 6.45) is 5.70. The van der Waals surface area contributed by atoms with E-state index in [0.717, 1.165) is 6.42 Å². The van der Waals surface area contributed by atoms with Gasteiger partial charge in [0.15, 0.2) is 17.3 Å². The lowest BCUT2D eigenvalue weighted by molar-refractivity contribution is -0.131. The summed E-state index contributed by atoms with van der Waals surface area (Å²) in [4.78, 5) is 21.8. The molecule has 0 aliphatic heterocycles. The van der Waals surface area contributed by atoms with Crippen molar-refractivity contribution in [3.05, 3.63) is 30.8 Å². The number of aromatic nitrogens is 2. The first-order chi connectivity index (χ1) is 10.6. The number of ether oxygens (including phenoxy) is 1. The Morgan fingerprint density at radius 2 is 2.14 bits per heavy atom. The smallest absolute Gasteiger partial charge is 0.219 e. The molecule has 6 nitrogen and oxygen atoms in total. The fourth-order valence-electron chi connectivity index (χ4n) is 2.09. The Morgan fingerprint density at radius 3 is 2.68 bits per heavy atom. The maximum Gasteiger partial charge on any atom is 0.219 e. The molecule has 0 fully saturated rings. The van der Waals surface area contributed by atoms with Crippen LogP contribution >= 0.6 is 0 Å². The van der Waals surface area contributed by atoms with Crippen LogP contribution in [0, 0.1) is 0 Å². The van der Waals surface area contributed by atoms with Gasteiger partial charge in [-0.2, -0.15) is 0 Å². The van der Waals surface area contributed by atoms with Crippen molar-refractivity contribution >= 4 is 5.91 Å². The summed E-state index contributed by atoms with van der Waals surface area (Å²) in [7, 11) is 0. The molecule has 0 aliphatic rings. The largest absolute Gasteiger partial charge is 0.489 e. The van der Waals surface area contributed by atoms with Gasteiger partial charge < -0.3 is 14.1 Å². The Morgan fingerprint density at radius 1 is 1.41 bits per heavy atom. The van der Waals surface area contributed by atoms with Crippen LogP contribution in [0.15, 0.2) is 35.2 Å². The SMILES string of the molecule is CCC(C)N(CCOc1cnc(-c2ccco2)nc1)C(C)=O. The van der Waals surface area contributed by atoms with E-state index in [1.54, 1.807) is 42.6 Å². The van der Waals surface area contributed by atoms with Crippen LogP contribution in [0.25, 0.3) is 11.6 Å². The predicted molar refractivity (Wildman–Crippen MR) is 82.4 cm³/mol. The first-order valence-electron chi connectivity index (χ1n) is 7.37. The van der Waals surface area contributed by atoms with Gasteiger partial charge in [-0.25, -0.2) is 9.97 Å². The van der Waals surface area contributed by atoms with Crippen LogP contribution in [0.4, 0.5) is 0 Å². The van der Waals surface area contributed by atoms with E-state index in [-0.39, 0.29) is 11.9 Å². The Hall–Kier alpha value is -2.37. The molecule has 1 unspecified atom stereocenters. The van der Waals surface area contributed by atoms with E-state index in [1.807, 2.05) is 6.92 Å². The zero-order valence-corrected chi connectivity index (χ0v) is 13.2. The molecule has 22 heavy (non-hydrogen) atoms. The Balaban J connectivity index is 1.88. The Labute approximate surface area is 130 Å². The molecule has 0 spiro atoms. The molecule has 1 atom stereocenters. The number of amides is 1. The van der Waals surface area contributed by atoms with Gasteiger partial charge in [-0.1, -0.05) is 6.92 Å². The van der Waals surface area contributed by atoms with E-state index < -0.39 is 0 Å². The summed E-state index contributed by atoms with van der Waals surface area (Å²) in [6.45, 7) is 6.62. The first-order valence-corrected chi connectivity index (χ1v) is 7.37. The molecule has 2 rings (SSSR count). The third kappa shape index (κ3) is 4.07. The Kier molecular flexibility index (Phi) is 5.52. The van der Waals surface area contributed by atoms with E-state index in [9.17, 15) is 4.79 Å². The molecule has 0 radical (unpaired) electrons. The van der Waals surface area contributed by atoms with Crippen molar-refractivity contribution < 1.29 is 13.9 Å². The average Bonchev–Trinajstić information content (AvgIpc) is 3.05. The molecule has 0 saturated carbocycles. The predicted octanol–water partition coefficient (Wildman–Crippen LogP) is 2.76. The molecule has 2 heterocycles. The highest BCUT2D eigenvalue weighted by molar-refractivity contribution is 5.73. The van der Waals surface area contributed by atoms with Crippen LogP contribution in [0.3, 0.4) is 0 Å². The minimum Gasteiger partial charge on any atom is -0.489 e. The van der Waals surface area contributed by atoms with Gasteiger partial charge in [-0.15, -0.1) is 0 Å². The average molecular weight is 303 g/mol. The maximum absolute atomic E-state index is 11.6. The van der Waals surface area contributed by atoms with Gasteiger partial charge in [0.2, 0.25) is 5.91 Å². The topological polar surface area (TPSA) is 68.5 Å². The van der Waals surface area contributed by atoms with E-state index in [4.69, 9.17) is 9.15 Å². The minimum absolute atomic E-state index is 0.0577. The van der Waals surface area contributed by atoms with Gasteiger partial charge >= 0.3 is 0 Å². The molecule has 0 aliphatic carbocycles. The number of nitrogens with zero attached hydrogens (tertiary/aromatic N) is 3. The van der Waals surface area contributed by atoms with Crippen molar-refractivity contribution in [2.45, 2.75) is 33.2 Å². The van der Waals surface area contributed by atoms with Gasteiger partial charge in [0, 0.05) is 13.0 Å². The lowest BCUT2D eigenvalue weighted by atomic mass is 10.2. The number of carbonyl (C=O) groups is 1. The van der Waals surface area contributed by atoms with Gasteiger partial charge in [0.25, 0.3) is 0 Å². The second-order valence-electron chi connectivity index (χ2n) is 5.04. The van der Waals surface area contributed by atoms with Crippen LogP contribution in [0.1, 0.15) is 27.2 Å². The molecule has 0 aromatic carbocycles. The van der Waals surface area contributed by atoms with Crippen molar-refractivity contribution in [1.29, 1.82) is 0 Å². The minimum atomic E-state index is 0.0577. The van der Waals surface area contributed by atoms with Crippen LogP contribution in [-0.2, 0) is 4.79 Å². The highest BCUT2D eigenvalue weighted by Gasteiger charge is 2.14. The highest BCUT2D eigenvalue weighted by atomic mass is 16.5. The fraction of sp³-hybridized carbons (Fsp3) is 0.438. The number of furan rings is 1. The molecule has 6 heteroatoms. The monoisotopic (exact) mass is 303 g/mol. The van der Waals surface area contributed by atoms with Crippen molar-refractivity contribution in [2.75, 3.05) is 13.2 Å². The molecule has 0 bridgehead atoms. The number of carbonyl (C=O) groups excluding carboxylic acids is 1. The van der Waals surface area contributed by atoms with E-state index >= 15 is 0 Å². The van der Waals surface area contributed by atoms with Crippen LogP contribution < -0.4 is 4.74 Å². The molecule has 0 saturated heterocycles. The number of hydrogen-bond donors (Lipinski definition) is 0. The molecule has 1 amide bonds. The lowest BCUT2D eigenvalue weighted by Crippen LogP contribution is -2.39. The van der Waals surface area contributed by atoms with Crippen molar-refractivity contribution in [1.82, 2.24) is 14.9 Å². The second-order valence-corrected chi connectivity index (χ2v) is 5.04. The number of rotatable bonds is 7. The van der Waals surface area contributed by atoms with E-state index in [1.165, 1.54) is 0 Å². The van der Waals surface area contributed by atoms with Crippen molar-refractivity contribution in [3.8, 4) is 17.3 Å². The summed E-state index contributed by atoms with van der Waals surface area (Å²) in [5, 5.41) is 0. The van der Waals surface area contributed by atoms with Gasteiger partial charge in [-0.3, -0.25) is 4.79 Å². The van der Waals surface area contributed by atoms with E-state index in [2.05, 4.69) is 16.9 Å². The second kappa shape index (κ2) is 7.59. The van der Waals surface area contributed by atoms with Gasteiger partial charge in [-0.05, 0) is 25.5 Å². The molecule has 2 aromatic rings. The van der Waals surface area contributed by atoms with Gasteiger partial charge in [0.1, 0.15) is 6.61 Å².